The zero-order valence-corrected chi connectivity index (χ0v) is 19.7. The summed E-state index contributed by atoms with van der Waals surface area (Å²) in [5.74, 6) is -0.939. The number of carbonyl (C=O) groups excluding carboxylic acids is 1. The highest BCUT2D eigenvalue weighted by Gasteiger charge is 2.34. The minimum Gasteiger partial charge on any atom is -0.357 e. The maximum absolute atomic E-state index is 12.8. The third-order valence-electron chi connectivity index (χ3n) is 5.19. The number of benzene rings is 1. The summed E-state index contributed by atoms with van der Waals surface area (Å²) in [6.07, 6.45) is 1.12. The van der Waals surface area contributed by atoms with Gasteiger partial charge in [-0.05, 0) is 30.5 Å². The lowest BCUT2D eigenvalue weighted by atomic mass is 10.0. The molecule has 1 amide bonds. The van der Waals surface area contributed by atoms with Crippen molar-refractivity contribution < 1.29 is 22.9 Å². The third-order valence-corrected chi connectivity index (χ3v) is 7.38. The minimum absolute atomic E-state index is 0.00180. The van der Waals surface area contributed by atoms with Gasteiger partial charge in [-0.3, -0.25) is 14.9 Å². The number of rotatable bonds is 7. The van der Waals surface area contributed by atoms with Crippen molar-refractivity contribution in [3.05, 3.63) is 69.9 Å². The number of carbonyl (C=O) groups is 1. The summed E-state index contributed by atoms with van der Waals surface area (Å²) in [4.78, 5) is 35.9. The second-order valence-electron chi connectivity index (χ2n) is 7.72. The molecule has 9 nitrogen and oxygen atoms in total. The van der Waals surface area contributed by atoms with Crippen molar-refractivity contribution in [2.45, 2.75) is 35.0 Å². The molecule has 1 N–H and O–H groups in total. The first-order valence-electron chi connectivity index (χ1n) is 10.5. The van der Waals surface area contributed by atoms with Crippen LogP contribution in [0.5, 0.6) is 0 Å². The van der Waals surface area contributed by atoms with Crippen LogP contribution in [0.4, 0.5) is 24.0 Å². The number of amides is 1. The second kappa shape index (κ2) is 10.6. The Kier molecular flexibility index (Phi) is 7.50. The number of halogens is 3. The molecule has 35 heavy (non-hydrogen) atoms. The molecule has 1 aromatic carbocycles. The van der Waals surface area contributed by atoms with Crippen molar-refractivity contribution in [1.29, 1.82) is 0 Å². The van der Waals surface area contributed by atoms with Crippen LogP contribution in [0.15, 0.2) is 47.1 Å². The molecule has 3 aromatic rings. The highest BCUT2D eigenvalue weighted by Crippen LogP contribution is 2.32. The van der Waals surface area contributed by atoms with Crippen molar-refractivity contribution in [3.8, 4) is 0 Å². The number of aromatic nitrogens is 3. The number of nitro benzene ring substituents is 1. The zero-order valence-electron chi connectivity index (χ0n) is 18.1. The fraction of sp³-hybridized carbons (Fsp3) is 0.333. The number of thioether (sulfide) groups is 1. The van der Waals surface area contributed by atoms with Crippen LogP contribution in [-0.2, 0) is 11.9 Å². The molecule has 0 radical (unpaired) electrons. The van der Waals surface area contributed by atoms with E-state index in [9.17, 15) is 28.1 Å². The van der Waals surface area contributed by atoms with E-state index in [2.05, 4.69) is 20.3 Å². The number of anilines is 1. The molecule has 1 fully saturated rings. The van der Waals surface area contributed by atoms with E-state index in [4.69, 9.17) is 0 Å². The zero-order chi connectivity index (χ0) is 25.0. The third kappa shape index (κ3) is 6.45. The summed E-state index contributed by atoms with van der Waals surface area (Å²) in [6, 6.07) is 5.56. The first kappa shape index (κ1) is 24.9. The number of nitro groups is 1. The average Bonchev–Trinajstić information content (AvgIpc) is 3.29. The molecular formula is C21H19F3N6O3S2. The lowest BCUT2D eigenvalue weighted by Crippen LogP contribution is -2.45. The van der Waals surface area contributed by atoms with Crippen LogP contribution in [0.25, 0.3) is 0 Å². The van der Waals surface area contributed by atoms with Crippen LogP contribution in [0.2, 0.25) is 0 Å². The first-order chi connectivity index (χ1) is 16.7. The summed E-state index contributed by atoms with van der Waals surface area (Å²) in [7, 11) is 0. The van der Waals surface area contributed by atoms with Gasteiger partial charge < -0.3 is 10.2 Å². The summed E-state index contributed by atoms with van der Waals surface area (Å²) < 4.78 is 38.6. The van der Waals surface area contributed by atoms with Crippen LogP contribution < -0.4 is 5.32 Å². The Labute approximate surface area is 206 Å². The monoisotopic (exact) mass is 524 g/mol. The van der Waals surface area contributed by atoms with Gasteiger partial charge in [0.2, 0.25) is 5.82 Å². The summed E-state index contributed by atoms with van der Waals surface area (Å²) in [6.45, 7) is 1.07. The highest BCUT2D eigenvalue weighted by atomic mass is 32.2. The van der Waals surface area contributed by atoms with Gasteiger partial charge in [0.25, 0.3) is 11.6 Å². The van der Waals surface area contributed by atoms with E-state index in [1.165, 1.54) is 59.8 Å². The van der Waals surface area contributed by atoms with Gasteiger partial charge in [0.1, 0.15) is 0 Å². The van der Waals surface area contributed by atoms with Crippen LogP contribution >= 0.6 is 23.1 Å². The van der Waals surface area contributed by atoms with E-state index < -0.39 is 16.9 Å². The quantitative estimate of drug-likeness (QED) is 0.265. The Hall–Kier alpha value is -3.26. The van der Waals surface area contributed by atoms with Crippen molar-refractivity contribution in [1.82, 2.24) is 19.9 Å². The molecule has 2 aromatic heterocycles. The van der Waals surface area contributed by atoms with E-state index in [1.54, 1.807) is 11.1 Å². The number of nitrogens with one attached hydrogen (secondary N) is 1. The van der Waals surface area contributed by atoms with Crippen LogP contribution in [-0.4, -0.2) is 49.8 Å². The molecule has 1 atom stereocenters. The lowest BCUT2D eigenvalue weighted by Gasteiger charge is -2.33. The first-order valence-corrected chi connectivity index (χ1v) is 12.3. The molecule has 14 heteroatoms. The van der Waals surface area contributed by atoms with Crippen LogP contribution in [0, 0.1) is 10.1 Å². The molecule has 3 heterocycles. The smallest absolute Gasteiger partial charge is 0.357 e. The van der Waals surface area contributed by atoms with Crippen molar-refractivity contribution in [2.24, 2.45) is 0 Å². The molecule has 1 unspecified atom stereocenters. The van der Waals surface area contributed by atoms with Gasteiger partial charge in [-0.2, -0.15) is 13.2 Å². The molecule has 0 saturated carbocycles. The standard InChI is InChI=1S/C21H19F3N6O3S2/c22-21(23,24)19-25-8-13(9-26-19)12-34-17-10-27-20(35-17)28-15-2-1-7-29(11-15)18(31)14-3-5-16(6-4-14)30(32)33/h3-6,8-10,15H,1-2,7,11-12H2,(H,27,28). The van der Waals surface area contributed by atoms with E-state index >= 15 is 0 Å². The number of hydrogen-bond acceptors (Lipinski definition) is 9. The number of likely N-dealkylation sites (tertiary alicyclic amines) is 1. The Morgan fingerprint density at radius 1 is 1.20 bits per heavy atom. The summed E-state index contributed by atoms with van der Waals surface area (Å²) in [5, 5.41) is 14.8. The molecule has 1 aliphatic rings. The molecule has 0 aliphatic carbocycles. The van der Waals surface area contributed by atoms with E-state index in [0.717, 1.165) is 17.1 Å². The van der Waals surface area contributed by atoms with Gasteiger partial charge in [0, 0.05) is 55.0 Å². The number of non-ortho nitro benzene ring substituents is 1. The highest BCUT2D eigenvalue weighted by molar-refractivity contribution is 8.00. The van der Waals surface area contributed by atoms with Gasteiger partial charge >= 0.3 is 6.18 Å². The van der Waals surface area contributed by atoms with Gasteiger partial charge in [-0.25, -0.2) is 15.0 Å². The summed E-state index contributed by atoms with van der Waals surface area (Å²) in [5.41, 5.74) is 0.901. The number of hydrogen-bond donors (Lipinski definition) is 1. The molecule has 0 spiro atoms. The maximum Gasteiger partial charge on any atom is 0.451 e. The maximum atomic E-state index is 12.8. The molecule has 0 bridgehead atoms. The topological polar surface area (TPSA) is 114 Å². The largest absolute Gasteiger partial charge is 0.451 e. The van der Waals surface area contributed by atoms with Gasteiger partial charge in [-0.15, -0.1) is 11.8 Å². The summed E-state index contributed by atoms with van der Waals surface area (Å²) >= 11 is 2.83. The molecule has 1 saturated heterocycles. The predicted molar refractivity (Wildman–Crippen MR) is 124 cm³/mol. The SMILES string of the molecule is O=C(c1ccc([N+](=O)[O-])cc1)N1CCCC(Nc2ncc(SCc3cnc(C(F)(F)F)nc3)s2)C1. The predicted octanol–water partition coefficient (Wildman–Crippen LogP) is 4.87. The van der Waals surface area contributed by atoms with Crippen LogP contribution in [0.1, 0.15) is 34.6 Å². The van der Waals surface area contributed by atoms with Gasteiger partial charge in [-0.1, -0.05) is 11.3 Å². The van der Waals surface area contributed by atoms with E-state index in [1.807, 2.05) is 0 Å². The van der Waals surface area contributed by atoms with Crippen molar-refractivity contribution >= 4 is 39.8 Å². The number of thiazole rings is 1. The fourth-order valence-electron chi connectivity index (χ4n) is 3.49. The normalized spacial score (nSPS) is 16.2. The number of nitrogens with zero attached hydrogens (tertiary/aromatic N) is 5. The van der Waals surface area contributed by atoms with Crippen LogP contribution in [0.3, 0.4) is 0 Å². The Morgan fingerprint density at radius 2 is 1.91 bits per heavy atom. The van der Waals surface area contributed by atoms with E-state index in [0.29, 0.717) is 35.1 Å². The van der Waals surface area contributed by atoms with Crippen molar-refractivity contribution in [2.75, 3.05) is 18.4 Å². The Balaban J connectivity index is 1.30. The molecular weight excluding hydrogens is 505 g/mol. The average molecular weight is 525 g/mol. The fourth-order valence-corrected chi connectivity index (χ4v) is 5.35. The van der Waals surface area contributed by atoms with Gasteiger partial charge in [0.05, 0.1) is 15.3 Å². The minimum atomic E-state index is -4.56. The Bertz CT molecular complexity index is 1190. The van der Waals surface area contributed by atoms with Crippen molar-refractivity contribution in [3.63, 3.8) is 0 Å². The second-order valence-corrected chi connectivity index (χ2v) is 10.0. The van der Waals surface area contributed by atoms with Gasteiger partial charge in [0.15, 0.2) is 5.13 Å². The Morgan fingerprint density at radius 3 is 2.57 bits per heavy atom. The molecule has 1 aliphatic heterocycles. The lowest BCUT2D eigenvalue weighted by molar-refractivity contribution is -0.384. The molecule has 184 valence electrons. The van der Waals surface area contributed by atoms with E-state index in [-0.39, 0.29) is 17.6 Å². The number of piperidine rings is 1. The number of alkyl halides is 3. The molecule has 4 rings (SSSR count).